The van der Waals surface area contributed by atoms with E-state index in [9.17, 15) is 23.1 Å². The van der Waals surface area contributed by atoms with Crippen molar-refractivity contribution in [3.8, 4) is 5.75 Å². The number of carbonyl (C=O) groups is 1. The van der Waals surface area contributed by atoms with Crippen LogP contribution in [0.15, 0.2) is 11.0 Å². The molecular weight excluding hydrogens is 314 g/mol. The van der Waals surface area contributed by atoms with Gasteiger partial charge in [0.2, 0.25) is 0 Å². The summed E-state index contributed by atoms with van der Waals surface area (Å²) in [5, 5.41) is 15.2. The van der Waals surface area contributed by atoms with E-state index in [-0.39, 0.29) is 0 Å². The molecule has 1 amide bonds. The van der Waals surface area contributed by atoms with Crippen molar-refractivity contribution in [1.29, 1.82) is 0 Å². The highest BCUT2D eigenvalue weighted by molar-refractivity contribution is 7.86. The number of rotatable bonds is 4. The van der Waals surface area contributed by atoms with E-state index in [1.807, 2.05) is 0 Å². The molecule has 0 spiro atoms. The van der Waals surface area contributed by atoms with Gasteiger partial charge in [0.25, 0.3) is 21.5 Å². The standard InChI is InChI=1S/C12H17N3O6S/c1-7(21-22(2,19)20)8-4-3-5-15(8)12(18)10-11(17)9(16)6-13-14-10/h6-8H,3-5H2,1-2H3,(H,13,17)(H,14,16)/t7?,8-/m1/s1. The van der Waals surface area contributed by atoms with Crippen molar-refractivity contribution in [2.75, 3.05) is 12.8 Å². The number of nitrogens with one attached hydrogen (secondary N) is 1. The van der Waals surface area contributed by atoms with E-state index >= 15 is 0 Å². The number of nitrogens with zero attached hydrogens (tertiary/aromatic N) is 2. The molecule has 0 saturated carbocycles. The van der Waals surface area contributed by atoms with Crippen LogP contribution in [0.25, 0.3) is 0 Å². The molecule has 0 radical (unpaired) electrons. The van der Waals surface area contributed by atoms with Crippen LogP contribution < -0.4 is 5.43 Å². The molecule has 2 rings (SSSR count). The first-order valence-corrected chi connectivity index (χ1v) is 8.48. The van der Waals surface area contributed by atoms with Crippen molar-refractivity contribution >= 4 is 16.0 Å². The maximum absolute atomic E-state index is 12.4. The van der Waals surface area contributed by atoms with Crippen LogP contribution in [0.5, 0.6) is 5.75 Å². The van der Waals surface area contributed by atoms with Crippen LogP contribution in [-0.2, 0) is 14.3 Å². The molecule has 0 bridgehead atoms. The number of aromatic nitrogens is 2. The quantitative estimate of drug-likeness (QED) is 0.708. The molecule has 2 atom stereocenters. The average molecular weight is 331 g/mol. The zero-order valence-corrected chi connectivity index (χ0v) is 13.0. The number of likely N-dealkylation sites (tertiary alicyclic amines) is 1. The summed E-state index contributed by atoms with van der Waals surface area (Å²) in [4.78, 5) is 25.5. The minimum atomic E-state index is -3.65. The number of aromatic hydroxyl groups is 1. The van der Waals surface area contributed by atoms with Gasteiger partial charge in [0, 0.05) is 6.54 Å². The summed E-state index contributed by atoms with van der Waals surface area (Å²) in [7, 11) is -3.65. The molecule has 1 aromatic rings. The molecule has 1 aliphatic heterocycles. The third kappa shape index (κ3) is 3.45. The van der Waals surface area contributed by atoms with Crippen LogP contribution in [0.2, 0.25) is 0 Å². The number of H-pyrrole nitrogens is 1. The normalized spacial score (nSPS) is 20.1. The Hall–Kier alpha value is -1.94. The Balaban J connectivity index is 2.25. The van der Waals surface area contributed by atoms with Crippen molar-refractivity contribution in [3.63, 3.8) is 0 Å². The van der Waals surface area contributed by atoms with Crippen molar-refractivity contribution < 1.29 is 22.5 Å². The Labute approximate surface area is 127 Å². The lowest BCUT2D eigenvalue weighted by molar-refractivity contribution is 0.0591. The Kier molecular flexibility index (Phi) is 4.52. The van der Waals surface area contributed by atoms with Crippen LogP contribution in [0.4, 0.5) is 0 Å². The fourth-order valence-electron chi connectivity index (χ4n) is 2.55. The van der Waals surface area contributed by atoms with E-state index in [1.165, 1.54) is 4.90 Å². The zero-order valence-electron chi connectivity index (χ0n) is 12.1. The van der Waals surface area contributed by atoms with E-state index in [1.54, 1.807) is 6.92 Å². The molecule has 1 aromatic heterocycles. The molecule has 9 nitrogen and oxygen atoms in total. The minimum absolute atomic E-state index is 0.359. The van der Waals surface area contributed by atoms with Crippen molar-refractivity contribution in [1.82, 2.24) is 15.1 Å². The predicted molar refractivity (Wildman–Crippen MR) is 76.0 cm³/mol. The Morgan fingerprint density at radius 2 is 2.27 bits per heavy atom. The van der Waals surface area contributed by atoms with Crippen molar-refractivity contribution in [2.45, 2.75) is 31.9 Å². The predicted octanol–water partition coefficient (Wildman–Crippen LogP) is -0.555. The maximum Gasteiger partial charge on any atom is 0.278 e. The lowest BCUT2D eigenvalue weighted by Crippen LogP contribution is -2.45. The smallest absolute Gasteiger partial charge is 0.278 e. The Morgan fingerprint density at radius 3 is 2.91 bits per heavy atom. The van der Waals surface area contributed by atoms with Crippen LogP contribution in [0.1, 0.15) is 30.3 Å². The second-order valence-electron chi connectivity index (χ2n) is 5.16. The Morgan fingerprint density at radius 1 is 1.59 bits per heavy atom. The van der Waals surface area contributed by atoms with E-state index in [0.29, 0.717) is 19.4 Å². The average Bonchev–Trinajstić information content (AvgIpc) is 2.88. The summed E-state index contributed by atoms with van der Waals surface area (Å²) >= 11 is 0. The lowest BCUT2D eigenvalue weighted by Gasteiger charge is -2.28. The fourth-order valence-corrected chi connectivity index (χ4v) is 3.23. The van der Waals surface area contributed by atoms with Gasteiger partial charge in [-0.2, -0.15) is 13.5 Å². The van der Waals surface area contributed by atoms with Crippen LogP contribution in [0.3, 0.4) is 0 Å². The minimum Gasteiger partial charge on any atom is -0.503 e. The van der Waals surface area contributed by atoms with Gasteiger partial charge in [0.15, 0.2) is 11.4 Å². The topological polar surface area (TPSA) is 130 Å². The van der Waals surface area contributed by atoms with Crippen LogP contribution in [-0.4, -0.2) is 59.5 Å². The summed E-state index contributed by atoms with van der Waals surface area (Å²) in [6.07, 6.45) is 2.39. The monoisotopic (exact) mass is 331 g/mol. The molecule has 0 aliphatic carbocycles. The highest BCUT2D eigenvalue weighted by Crippen LogP contribution is 2.24. The molecule has 1 aliphatic rings. The van der Waals surface area contributed by atoms with E-state index < -0.39 is 45.0 Å². The second kappa shape index (κ2) is 6.05. The molecule has 122 valence electrons. The summed E-state index contributed by atoms with van der Waals surface area (Å²) in [6, 6.07) is -0.481. The summed E-state index contributed by atoms with van der Waals surface area (Å²) < 4.78 is 27.3. The van der Waals surface area contributed by atoms with Crippen LogP contribution in [0, 0.1) is 0 Å². The Bertz CT molecular complexity index is 729. The molecule has 1 unspecified atom stereocenters. The number of amides is 1. The molecule has 0 aromatic carbocycles. The van der Waals surface area contributed by atoms with Crippen molar-refractivity contribution in [2.24, 2.45) is 0 Å². The van der Waals surface area contributed by atoms with Gasteiger partial charge in [0.05, 0.1) is 24.6 Å². The SMILES string of the molecule is CC(OS(C)(=O)=O)[C@H]1CCCN1C(=O)c1n[nH]cc(O)c1=O. The number of hydrogen-bond donors (Lipinski definition) is 2. The van der Waals surface area contributed by atoms with Gasteiger partial charge in [-0.1, -0.05) is 0 Å². The van der Waals surface area contributed by atoms with Crippen molar-refractivity contribution in [3.05, 3.63) is 22.1 Å². The first kappa shape index (κ1) is 16.4. The van der Waals surface area contributed by atoms with Crippen LogP contribution >= 0.6 is 0 Å². The highest BCUT2D eigenvalue weighted by atomic mass is 32.2. The van der Waals surface area contributed by atoms with Gasteiger partial charge in [-0.15, -0.1) is 0 Å². The highest BCUT2D eigenvalue weighted by Gasteiger charge is 2.36. The van der Waals surface area contributed by atoms with Gasteiger partial charge in [-0.3, -0.25) is 18.9 Å². The number of hydrogen-bond acceptors (Lipinski definition) is 7. The largest absolute Gasteiger partial charge is 0.503 e. The van der Waals surface area contributed by atoms with E-state index in [2.05, 4.69) is 10.2 Å². The van der Waals surface area contributed by atoms with Gasteiger partial charge >= 0.3 is 0 Å². The van der Waals surface area contributed by atoms with Gasteiger partial charge < -0.3 is 10.0 Å². The molecule has 10 heteroatoms. The fraction of sp³-hybridized carbons (Fsp3) is 0.583. The molecule has 1 fully saturated rings. The molecule has 1 saturated heterocycles. The van der Waals surface area contributed by atoms with Gasteiger partial charge in [-0.25, -0.2) is 0 Å². The zero-order chi connectivity index (χ0) is 16.5. The number of aromatic amines is 1. The van der Waals surface area contributed by atoms with Gasteiger partial charge in [0.1, 0.15) is 0 Å². The molecule has 2 heterocycles. The first-order valence-electron chi connectivity index (χ1n) is 6.67. The third-order valence-corrected chi connectivity index (χ3v) is 4.11. The number of carbonyl (C=O) groups excluding carboxylic acids is 1. The third-order valence-electron chi connectivity index (χ3n) is 3.46. The second-order valence-corrected chi connectivity index (χ2v) is 6.76. The molecule has 2 N–H and O–H groups in total. The van der Waals surface area contributed by atoms with Gasteiger partial charge in [-0.05, 0) is 19.8 Å². The summed E-state index contributed by atoms with van der Waals surface area (Å²) in [6.45, 7) is 1.91. The summed E-state index contributed by atoms with van der Waals surface area (Å²) in [5.74, 6) is -1.27. The molecular formula is C12H17N3O6S. The first-order chi connectivity index (χ1) is 10.2. The van der Waals surface area contributed by atoms with E-state index in [4.69, 9.17) is 4.18 Å². The lowest BCUT2D eigenvalue weighted by atomic mass is 10.1. The summed E-state index contributed by atoms with van der Waals surface area (Å²) in [5.41, 5.74) is -1.30. The van der Waals surface area contributed by atoms with E-state index in [0.717, 1.165) is 12.5 Å². The molecule has 22 heavy (non-hydrogen) atoms. The maximum atomic E-state index is 12.4.